The van der Waals surface area contributed by atoms with Gasteiger partial charge in [0.2, 0.25) is 11.9 Å². The Bertz CT molecular complexity index is 372. The Hall–Kier alpha value is -1.69. The molecule has 2 rings (SSSR count). The molecular formula is C11H17N5O. The summed E-state index contributed by atoms with van der Waals surface area (Å²) in [6, 6.07) is 0. The van der Waals surface area contributed by atoms with Crippen molar-refractivity contribution in [2.24, 2.45) is 0 Å². The van der Waals surface area contributed by atoms with Crippen molar-refractivity contribution in [2.45, 2.75) is 6.92 Å². The summed E-state index contributed by atoms with van der Waals surface area (Å²) in [7, 11) is 0. The van der Waals surface area contributed by atoms with Gasteiger partial charge in [0, 0.05) is 38.6 Å². The van der Waals surface area contributed by atoms with E-state index in [9.17, 15) is 4.79 Å². The van der Waals surface area contributed by atoms with Crippen LogP contribution in [0.4, 0.5) is 5.95 Å². The molecule has 2 N–H and O–H groups in total. The molecule has 6 heteroatoms. The van der Waals surface area contributed by atoms with Gasteiger partial charge in [-0.1, -0.05) is 0 Å². The molecule has 1 fully saturated rings. The van der Waals surface area contributed by atoms with Gasteiger partial charge in [-0.2, -0.15) is 0 Å². The van der Waals surface area contributed by atoms with Crippen LogP contribution >= 0.6 is 0 Å². The van der Waals surface area contributed by atoms with Crippen LogP contribution in [0.3, 0.4) is 0 Å². The minimum absolute atomic E-state index is 0.0932. The van der Waals surface area contributed by atoms with E-state index in [4.69, 9.17) is 0 Å². The quantitative estimate of drug-likeness (QED) is 0.748. The fourth-order valence-corrected chi connectivity index (χ4v) is 1.66. The zero-order valence-corrected chi connectivity index (χ0v) is 9.94. The van der Waals surface area contributed by atoms with Gasteiger partial charge in [0.15, 0.2) is 0 Å². The molecule has 1 amide bonds. The number of nitrogens with zero attached hydrogens (tertiary/aromatic N) is 3. The van der Waals surface area contributed by atoms with Crippen LogP contribution in [0.15, 0.2) is 12.4 Å². The summed E-state index contributed by atoms with van der Waals surface area (Å²) in [4.78, 5) is 21.8. The van der Waals surface area contributed by atoms with Gasteiger partial charge in [-0.15, -0.1) is 0 Å². The average Bonchev–Trinajstić information content (AvgIpc) is 2.39. The van der Waals surface area contributed by atoms with Crippen molar-refractivity contribution >= 4 is 11.9 Å². The Morgan fingerprint density at radius 3 is 2.71 bits per heavy atom. The van der Waals surface area contributed by atoms with E-state index in [1.165, 1.54) is 0 Å². The maximum atomic E-state index is 11.8. The fourth-order valence-electron chi connectivity index (χ4n) is 1.66. The van der Waals surface area contributed by atoms with Gasteiger partial charge >= 0.3 is 0 Å². The molecule has 17 heavy (non-hydrogen) atoms. The van der Waals surface area contributed by atoms with Crippen LogP contribution in [0.2, 0.25) is 0 Å². The van der Waals surface area contributed by atoms with Crippen LogP contribution in [-0.2, 0) is 4.79 Å². The smallest absolute Gasteiger partial charge is 0.242 e. The number of carbonyl (C=O) groups excluding carboxylic acids is 1. The number of piperazine rings is 1. The topological polar surface area (TPSA) is 70.2 Å². The molecule has 0 aromatic carbocycles. The SMILES string of the molecule is Cc1cnc(NCC(=O)N2CCNCC2)nc1. The molecule has 1 aliphatic heterocycles. The highest BCUT2D eigenvalue weighted by atomic mass is 16.2. The van der Waals surface area contributed by atoms with E-state index in [0.29, 0.717) is 5.95 Å². The molecule has 92 valence electrons. The first kappa shape index (κ1) is 11.8. The maximum absolute atomic E-state index is 11.8. The predicted molar refractivity (Wildman–Crippen MR) is 64.7 cm³/mol. The van der Waals surface area contributed by atoms with E-state index >= 15 is 0 Å². The number of nitrogens with one attached hydrogen (secondary N) is 2. The molecule has 0 radical (unpaired) electrons. The van der Waals surface area contributed by atoms with E-state index in [1.807, 2.05) is 11.8 Å². The van der Waals surface area contributed by atoms with Crippen molar-refractivity contribution in [1.29, 1.82) is 0 Å². The van der Waals surface area contributed by atoms with Gasteiger partial charge in [-0.25, -0.2) is 9.97 Å². The summed E-state index contributed by atoms with van der Waals surface area (Å²) in [6.45, 7) is 5.46. The van der Waals surface area contributed by atoms with Crippen LogP contribution in [0.5, 0.6) is 0 Å². The third kappa shape index (κ3) is 3.39. The Morgan fingerprint density at radius 2 is 2.06 bits per heavy atom. The third-order valence-electron chi connectivity index (χ3n) is 2.65. The van der Waals surface area contributed by atoms with Crippen LogP contribution in [0.25, 0.3) is 0 Å². The molecule has 0 atom stereocenters. The van der Waals surface area contributed by atoms with Crippen LogP contribution in [0.1, 0.15) is 5.56 Å². The van der Waals surface area contributed by atoms with Crippen molar-refractivity contribution in [3.8, 4) is 0 Å². The first-order valence-electron chi connectivity index (χ1n) is 5.77. The highest BCUT2D eigenvalue weighted by Gasteiger charge is 2.15. The molecule has 2 heterocycles. The maximum Gasteiger partial charge on any atom is 0.242 e. The molecule has 1 saturated heterocycles. The summed E-state index contributed by atoms with van der Waals surface area (Å²) in [6.07, 6.45) is 3.45. The molecule has 0 unspecified atom stereocenters. The highest BCUT2D eigenvalue weighted by molar-refractivity contribution is 5.80. The number of hydrogen-bond donors (Lipinski definition) is 2. The van der Waals surface area contributed by atoms with Crippen molar-refractivity contribution in [3.63, 3.8) is 0 Å². The summed E-state index contributed by atoms with van der Waals surface area (Å²) in [5.41, 5.74) is 1.00. The Morgan fingerprint density at radius 1 is 1.41 bits per heavy atom. The van der Waals surface area contributed by atoms with Gasteiger partial charge in [-0.05, 0) is 12.5 Å². The Kier molecular flexibility index (Phi) is 3.87. The lowest BCUT2D eigenvalue weighted by molar-refractivity contribution is -0.129. The first-order chi connectivity index (χ1) is 8.25. The van der Waals surface area contributed by atoms with E-state index in [1.54, 1.807) is 12.4 Å². The van der Waals surface area contributed by atoms with E-state index in [0.717, 1.165) is 31.7 Å². The molecule has 0 aliphatic carbocycles. The zero-order chi connectivity index (χ0) is 12.1. The largest absolute Gasteiger partial charge is 0.345 e. The lowest BCUT2D eigenvalue weighted by atomic mass is 10.3. The standard InChI is InChI=1S/C11H17N5O/c1-9-6-13-11(14-7-9)15-8-10(17)16-4-2-12-3-5-16/h6-7,12H,2-5,8H2,1H3,(H,13,14,15). The summed E-state index contributed by atoms with van der Waals surface area (Å²) in [5, 5.41) is 6.15. The molecule has 1 aromatic rings. The van der Waals surface area contributed by atoms with Crippen molar-refractivity contribution < 1.29 is 4.79 Å². The highest BCUT2D eigenvalue weighted by Crippen LogP contribution is 1.99. The molecule has 1 aliphatic rings. The third-order valence-corrected chi connectivity index (χ3v) is 2.65. The number of aryl methyl sites for hydroxylation is 1. The van der Waals surface area contributed by atoms with Crippen LogP contribution < -0.4 is 10.6 Å². The lowest BCUT2D eigenvalue weighted by Gasteiger charge is -2.27. The molecule has 1 aromatic heterocycles. The van der Waals surface area contributed by atoms with Gasteiger partial charge in [0.1, 0.15) is 0 Å². The monoisotopic (exact) mass is 235 g/mol. The second kappa shape index (κ2) is 5.58. The minimum atomic E-state index is 0.0932. The summed E-state index contributed by atoms with van der Waals surface area (Å²) < 4.78 is 0. The number of hydrogen-bond acceptors (Lipinski definition) is 5. The Balaban J connectivity index is 1.81. The molecule has 0 saturated carbocycles. The normalized spacial score (nSPS) is 15.7. The van der Waals surface area contributed by atoms with Gasteiger partial charge in [0.05, 0.1) is 6.54 Å². The zero-order valence-electron chi connectivity index (χ0n) is 9.94. The second-order valence-electron chi connectivity index (χ2n) is 4.07. The van der Waals surface area contributed by atoms with Crippen molar-refractivity contribution in [3.05, 3.63) is 18.0 Å². The predicted octanol–water partition coefficient (Wildman–Crippen LogP) is -0.371. The molecule has 0 bridgehead atoms. The average molecular weight is 235 g/mol. The van der Waals surface area contributed by atoms with Crippen molar-refractivity contribution in [1.82, 2.24) is 20.2 Å². The summed E-state index contributed by atoms with van der Waals surface area (Å²) in [5.74, 6) is 0.592. The van der Waals surface area contributed by atoms with E-state index < -0.39 is 0 Å². The number of amides is 1. The van der Waals surface area contributed by atoms with Gasteiger partial charge in [-0.3, -0.25) is 4.79 Å². The second-order valence-corrected chi connectivity index (χ2v) is 4.07. The molecule has 6 nitrogen and oxygen atoms in total. The fraction of sp³-hybridized carbons (Fsp3) is 0.545. The number of aromatic nitrogens is 2. The number of rotatable bonds is 3. The van der Waals surface area contributed by atoms with Crippen LogP contribution in [-0.4, -0.2) is 53.5 Å². The van der Waals surface area contributed by atoms with Crippen molar-refractivity contribution in [2.75, 3.05) is 38.0 Å². The summed E-state index contributed by atoms with van der Waals surface area (Å²) >= 11 is 0. The lowest BCUT2D eigenvalue weighted by Crippen LogP contribution is -2.48. The van der Waals surface area contributed by atoms with E-state index in [2.05, 4.69) is 20.6 Å². The molecular weight excluding hydrogens is 218 g/mol. The molecule has 0 spiro atoms. The van der Waals surface area contributed by atoms with Crippen LogP contribution in [0, 0.1) is 6.92 Å². The van der Waals surface area contributed by atoms with Gasteiger partial charge in [0.25, 0.3) is 0 Å². The first-order valence-corrected chi connectivity index (χ1v) is 5.77. The number of anilines is 1. The number of carbonyl (C=O) groups is 1. The minimum Gasteiger partial charge on any atom is -0.345 e. The Labute approximate surface area is 100 Å². The van der Waals surface area contributed by atoms with Gasteiger partial charge < -0.3 is 15.5 Å². The van der Waals surface area contributed by atoms with E-state index in [-0.39, 0.29) is 12.5 Å².